The fourth-order valence-corrected chi connectivity index (χ4v) is 3.24. The molecule has 0 N–H and O–H groups in total. The summed E-state index contributed by atoms with van der Waals surface area (Å²) in [5.41, 5.74) is 0.170. The smallest absolute Gasteiger partial charge is 0.178 e. The summed E-state index contributed by atoms with van der Waals surface area (Å²) >= 11 is 7.28. The minimum atomic E-state index is -0.510. The SMILES string of the molecule is O=C(c1ccc(Cl)cc1F)C1CCCCS1. The Bertz CT molecular complexity index is 402. The molecule has 1 aliphatic heterocycles. The normalized spacial score (nSPS) is 20.8. The minimum absolute atomic E-state index is 0.0792. The van der Waals surface area contributed by atoms with Crippen LogP contribution in [0.25, 0.3) is 0 Å². The molecule has 1 saturated heterocycles. The van der Waals surface area contributed by atoms with Crippen LogP contribution in [-0.2, 0) is 0 Å². The molecule has 1 aromatic carbocycles. The van der Waals surface area contributed by atoms with Crippen LogP contribution < -0.4 is 0 Å². The summed E-state index contributed by atoms with van der Waals surface area (Å²) in [6.45, 7) is 0. The van der Waals surface area contributed by atoms with Crippen LogP contribution in [0, 0.1) is 5.82 Å². The maximum Gasteiger partial charge on any atom is 0.178 e. The first-order valence-electron chi connectivity index (χ1n) is 5.29. The number of thioether (sulfide) groups is 1. The van der Waals surface area contributed by atoms with Gasteiger partial charge in [-0.25, -0.2) is 4.39 Å². The molecule has 2 rings (SSSR count). The van der Waals surface area contributed by atoms with E-state index in [-0.39, 0.29) is 16.6 Å². The maximum atomic E-state index is 13.5. The number of carbonyl (C=O) groups excluding carboxylic acids is 1. The quantitative estimate of drug-likeness (QED) is 0.748. The third kappa shape index (κ3) is 2.58. The first-order chi connectivity index (χ1) is 7.68. The van der Waals surface area contributed by atoms with Gasteiger partial charge in [-0.05, 0) is 36.8 Å². The Labute approximate surface area is 103 Å². The number of halogens is 2. The highest BCUT2D eigenvalue weighted by atomic mass is 35.5. The van der Waals surface area contributed by atoms with Crippen molar-refractivity contribution in [3.05, 3.63) is 34.6 Å². The van der Waals surface area contributed by atoms with Crippen LogP contribution in [0.4, 0.5) is 4.39 Å². The summed E-state index contributed by atoms with van der Waals surface area (Å²) in [5, 5.41) is 0.245. The summed E-state index contributed by atoms with van der Waals surface area (Å²) in [6, 6.07) is 4.24. The van der Waals surface area contributed by atoms with Crippen LogP contribution in [0.3, 0.4) is 0 Å². The van der Waals surface area contributed by atoms with E-state index in [1.165, 1.54) is 12.1 Å². The van der Waals surface area contributed by atoms with Crippen molar-refractivity contribution < 1.29 is 9.18 Å². The fraction of sp³-hybridized carbons (Fsp3) is 0.417. The Hall–Kier alpha value is -0.540. The second kappa shape index (κ2) is 5.19. The van der Waals surface area contributed by atoms with Crippen LogP contribution in [0.5, 0.6) is 0 Å². The van der Waals surface area contributed by atoms with Crippen molar-refractivity contribution in [2.75, 3.05) is 5.75 Å². The van der Waals surface area contributed by atoms with Crippen molar-refractivity contribution in [1.82, 2.24) is 0 Å². The molecule has 1 heterocycles. The second-order valence-corrected chi connectivity index (χ2v) is 5.59. The molecule has 1 unspecified atom stereocenters. The molecule has 0 bridgehead atoms. The number of rotatable bonds is 2. The highest BCUT2D eigenvalue weighted by Gasteiger charge is 2.24. The monoisotopic (exact) mass is 258 g/mol. The first kappa shape index (κ1) is 11.9. The Morgan fingerprint density at radius 3 is 2.88 bits per heavy atom. The molecule has 0 radical (unpaired) electrons. The number of hydrogen-bond donors (Lipinski definition) is 0. The van der Waals surface area contributed by atoms with Gasteiger partial charge in [-0.2, -0.15) is 11.8 Å². The van der Waals surface area contributed by atoms with Crippen molar-refractivity contribution in [3.63, 3.8) is 0 Å². The van der Waals surface area contributed by atoms with Crippen molar-refractivity contribution in [1.29, 1.82) is 0 Å². The van der Waals surface area contributed by atoms with Gasteiger partial charge >= 0.3 is 0 Å². The standard InChI is InChI=1S/C12H12ClFOS/c13-8-4-5-9(10(14)7-8)12(15)11-3-1-2-6-16-11/h4-5,7,11H,1-3,6H2. The van der Waals surface area contributed by atoms with Crippen LogP contribution in [0.2, 0.25) is 5.02 Å². The zero-order chi connectivity index (χ0) is 11.5. The Balaban J connectivity index is 2.19. The Morgan fingerprint density at radius 2 is 2.25 bits per heavy atom. The van der Waals surface area contributed by atoms with E-state index < -0.39 is 5.82 Å². The Morgan fingerprint density at radius 1 is 1.44 bits per heavy atom. The van der Waals surface area contributed by atoms with Crippen molar-refractivity contribution >= 4 is 29.1 Å². The molecule has 0 spiro atoms. The van der Waals surface area contributed by atoms with Gasteiger partial charge in [-0.1, -0.05) is 18.0 Å². The highest BCUT2D eigenvalue weighted by Crippen LogP contribution is 2.29. The van der Waals surface area contributed by atoms with Crippen LogP contribution in [-0.4, -0.2) is 16.8 Å². The van der Waals surface area contributed by atoms with Gasteiger partial charge in [0.05, 0.1) is 10.8 Å². The number of carbonyl (C=O) groups is 1. The van der Waals surface area contributed by atoms with Crippen LogP contribution >= 0.6 is 23.4 Å². The molecule has 0 saturated carbocycles. The van der Waals surface area contributed by atoms with Gasteiger partial charge in [-0.3, -0.25) is 4.79 Å². The number of Topliss-reactive ketones (excluding diaryl/α,β-unsaturated/α-hetero) is 1. The lowest BCUT2D eigenvalue weighted by molar-refractivity contribution is 0.0981. The fourth-order valence-electron chi connectivity index (χ4n) is 1.81. The molecule has 16 heavy (non-hydrogen) atoms. The molecule has 4 heteroatoms. The van der Waals surface area contributed by atoms with E-state index in [0.29, 0.717) is 5.02 Å². The molecule has 0 aliphatic carbocycles. The maximum absolute atomic E-state index is 13.5. The molecule has 0 amide bonds. The van der Waals surface area contributed by atoms with Gasteiger partial charge < -0.3 is 0 Å². The van der Waals surface area contributed by atoms with Gasteiger partial charge in [0.2, 0.25) is 0 Å². The summed E-state index contributed by atoms with van der Waals surface area (Å²) in [6.07, 6.45) is 3.06. The summed E-state index contributed by atoms with van der Waals surface area (Å²) < 4.78 is 13.5. The molecule has 1 aromatic rings. The predicted molar refractivity (Wildman–Crippen MR) is 65.8 cm³/mol. The molecular weight excluding hydrogens is 247 g/mol. The molecular formula is C12H12ClFOS. The summed E-state index contributed by atoms with van der Waals surface area (Å²) in [4.78, 5) is 12.0. The van der Waals surface area contributed by atoms with Crippen LogP contribution in [0.1, 0.15) is 29.6 Å². The van der Waals surface area contributed by atoms with Gasteiger partial charge in [0, 0.05) is 5.02 Å². The lowest BCUT2D eigenvalue weighted by atomic mass is 10.0. The van der Waals surface area contributed by atoms with E-state index in [0.717, 1.165) is 25.0 Å². The highest BCUT2D eigenvalue weighted by molar-refractivity contribution is 8.00. The third-order valence-electron chi connectivity index (χ3n) is 2.67. The average molecular weight is 259 g/mol. The van der Waals surface area contributed by atoms with E-state index in [2.05, 4.69) is 0 Å². The molecule has 1 aliphatic rings. The second-order valence-electron chi connectivity index (χ2n) is 3.84. The zero-order valence-corrected chi connectivity index (χ0v) is 10.3. The van der Waals surface area contributed by atoms with Crippen molar-refractivity contribution in [2.24, 2.45) is 0 Å². The van der Waals surface area contributed by atoms with Gasteiger partial charge in [0.25, 0.3) is 0 Å². The topological polar surface area (TPSA) is 17.1 Å². The van der Waals surface area contributed by atoms with Gasteiger partial charge in [-0.15, -0.1) is 0 Å². The van der Waals surface area contributed by atoms with Gasteiger partial charge in [0.1, 0.15) is 5.82 Å². The Kier molecular flexibility index (Phi) is 3.87. The molecule has 0 aromatic heterocycles. The van der Waals surface area contributed by atoms with Crippen molar-refractivity contribution in [2.45, 2.75) is 24.5 Å². The lowest BCUT2D eigenvalue weighted by Gasteiger charge is -2.20. The molecule has 1 atom stereocenters. The summed E-state index contributed by atoms with van der Waals surface area (Å²) in [7, 11) is 0. The number of ketones is 1. The first-order valence-corrected chi connectivity index (χ1v) is 6.72. The van der Waals surface area contributed by atoms with E-state index in [1.807, 2.05) is 0 Å². The largest absolute Gasteiger partial charge is 0.293 e. The van der Waals surface area contributed by atoms with Gasteiger partial charge in [0.15, 0.2) is 5.78 Å². The van der Waals surface area contributed by atoms with Crippen LogP contribution in [0.15, 0.2) is 18.2 Å². The molecule has 86 valence electrons. The minimum Gasteiger partial charge on any atom is -0.293 e. The molecule has 1 fully saturated rings. The third-order valence-corrected chi connectivity index (χ3v) is 4.28. The van der Waals surface area contributed by atoms with E-state index in [4.69, 9.17) is 11.6 Å². The average Bonchev–Trinajstić information content (AvgIpc) is 2.29. The number of benzene rings is 1. The zero-order valence-electron chi connectivity index (χ0n) is 8.71. The van der Waals surface area contributed by atoms with E-state index in [1.54, 1.807) is 17.8 Å². The molecule has 1 nitrogen and oxygen atoms in total. The predicted octanol–water partition coefficient (Wildman–Crippen LogP) is 3.95. The van der Waals surface area contributed by atoms with Crippen molar-refractivity contribution in [3.8, 4) is 0 Å². The lowest BCUT2D eigenvalue weighted by Crippen LogP contribution is -2.21. The van der Waals surface area contributed by atoms with E-state index >= 15 is 0 Å². The number of hydrogen-bond acceptors (Lipinski definition) is 2. The summed E-state index contributed by atoms with van der Waals surface area (Å²) in [5.74, 6) is 0.383. The van der Waals surface area contributed by atoms with E-state index in [9.17, 15) is 9.18 Å².